The minimum atomic E-state index is -0.0830. The third-order valence-electron chi connectivity index (χ3n) is 4.17. The summed E-state index contributed by atoms with van der Waals surface area (Å²) in [6, 6.07) is 9.23. The molecule has 0 unspecified atom stereocenters. The first-order chi connectivity index (χ1) is 12.1. The number of carbonyl (C=O) groups is 1. The number of aromatic nitrogens is 2. The molecule has 0 saturated heterocycles. The Balaban J connectivity index is 1.55. The van der Waals surface area contributed by atoms with Gasteiger partial charge in [0.2, 0.25) is 0 Å². The smallest absolute Gasteiger partial charge is 0.259 e. The van der Waals surface area contributed by atoms with Gasteiger partial charge in [-0.1, -0.05) is 12.1 Å². The highest BCUT2D eigenvalue weighted by atomic mass is 32.1. The van der Waals surface area contributed by atoms with Crippen molar-refractivity contribution in [1.29, 1.82) is 0 Å². The van der Waals surface area contributed by atoms with Crippen LogP contribution in [0.3, 0.4) is 0 Å². The standard InChI is InChI=1S/C18H18N4O2S/c1-11-10-25-18-21-13(8-16(23)22(11)18)9-19-15-5-3-2-4-14(15)17(24)20-12-6-7-12/h2-5,8,10,12,19H,6-7,9H2,1H3,(H,20,24). The summed E-state index contributed by atoms with van der Waals surface area (Å²) in [6.07, 6.45) is 2.10. The van der Waals surface area contributed by atoms with Crippen molar-refractivity contribution in [3.63, 3.8) is 0 Å². The number of rotatable bonds is 5. The molecule has 2 N–H and O–H groups in total. The first kappa shape index (κ1) is 15.8. The van der Waals surface area contributed by atoms with Crippen LogP contribution in [0, 0.1) is 6.92 Å². The third-order valence-corrected chi connectivity index (χ3v) is 5.12. The van der Waals surface area contributed by atoms with Crippen molar-refractivity contribution < 1.29 is 4.79 Å². The number of fused-ring (bicyclic) bond motifs is 1. The Morgan fingerprint density at radius 2 is 2.16 bits per heavy atom. The van der Waals surface area contributed by atoms with E-state index in [-0.39, 0.29) is 11.5 Å². The molecule has 1 saturated carbocycles. The summed E-state index contributed by atoms with van der Waals surface area (Å²) < 4.78 is 1.60. The summed E-state index contributed by atoms with van der Waals surface area (Å²) in [7, 11) is 0. The zero-order chi connectivity index (χ0) is 17.4. The fraction of sp³-hybridized carbons (Fsp3) is 0.278. The number of thiazole rings is 1. The van der Waals surface area contributed by atoms with Crippen LogP contribution in [0.5, 0.6) is 0 Å². The lowest BCUT2D eigenvalue weighted by atomic mass is 10.1. The molecular formula is C18H18N4O2S. The number of amides is 1. The number of anilines is 1. The highest BCUT2D eigenvalue weighted by molar-refractivity contribution is 7.15. The molecule has 3 aromatic rings. The Hall–Kier alpha value is -2.67. The van der Waals surface area contributed by atoms with Crippen molar-refractivity contribution in [3.8, 4) is 0 Å². The molecule has 1 aromatic carbocycles. The number of nitrogens with zero attached hydrogens (tertiary/aromatic N) is 2. The van der Waals surface area contributed by atoms with Gasteiger partial charge in [-0.15, -0.1) is 11.3 Å². The van der Waals surface area contributed by atoms with E-state index >= 15 is 0 Å². The predicted octanol–water partition coefficient (Wildman–Crippen LogP) is 2.57. The van der Waals surface area contributed by atoms with E-state index in [1.165, 1.54) is 17.4 Å². The molecule has 0 radical (unpaired) electrons. The molecule has 6 nitrogen and oxygen atoms in total. The van der Waals surface area contributed by atoms with Gasteiger partial charge in [0.1, 0.15) is 0 Å². The number of para-hydroxylation sites is 1. The van der Waals surface area contributed by atoms with E-state index in [1.54, 1.807) is 10.5 Å². The Bertz CT molecular complexity index is 1000. The van der Waals surface area contributed by atoms with E-state index < -0.39 is 0 Å². The fourth-order valence-electron chi connectivity index (χ4n) is 2.70. The monoisotopic (exact) mass is 354 g/mol. The molecule has 4 rings (SSSR count). The predicted molar refractivity (Wildman–Crippen MR) is 98.3 cm³/mol. The Morgan fingerprint density at radius 1 is 1.36 bits per heavy atom. The van der Waals surface area contributed by atoms with Crippen molar-refractivity contribution in [3.05, 3.63) is 63.0 Å². The van der Waals surface area contributed by atoms with Crippen molar-refractivity contribution >= 4 is 27.9 Å². The molecule has 2 aromatic heterocycles. The van der Waals surface area contributed by atoms with E-state index in [4.69, 9.17) is 0 Å². The molecule has 0 bridgehead atoms. The topological polar surface area (TPSA) is 75.5 Å². The lowest BCUT2D eigenvalue weighted by Crippen LogP contribution is -2.26. The average Bonchev–Trinajstić information content (AvgIpc) is 3.34. The quantitative estimate of drug-likeness (QED) is 0.738. The second-order valence-electron chi connectivity index (χ2n) is 6.23. The molecule has 1 aliphatic rings. The molecule has 128 valence electrons. The van der Waals surface area contributed by atoms with Crippen molar-refractivity contribution in [2.24, 2.45) is 0 Å². The maximum atomic E-state index is 12.3. The average molecular weight is 354 g/mol. The summed E-state index contributed by atoms with van der Waals surface area (Å²) in [6.45, 7) is 2.27. The molecule has 2 heterocycles. The van der Waals surface area contributed by atoms with E-state index in [2.05, 4.69) is 15.6 Å². The van der Waals surface area contributed by atoms with Gasteiger partial charge in [0.25, 0.3) is 11.5 Å². The Morgan fingerprint density at radius 3 is 2.96 bits per heavy atom. The van der Waals surface area contributed by atoms with E-state index in [0.29, 0.717) is 28.8 Å². The second kappa shape index (κ2) is 6.33. The number of nitrogens with one attached hydrogen (secondary N) is 2. The summed E-state index contributed by atoms with van der Waals surface area (Å²) in [5.74, 6) is -0.0667. The van der Waals surface area contributed by atoms with Gasteiger partial charge in [0.05, 0.1) is 17.8 Å². The highest BCUT2D eigenvalue weighted by Crippen LogP contribution is 2.22. The number of benzene rings is 1. The number of hydrogen-bond acceptors (Lipinski definition) is 5. The van der Waals surface area contributed by atoms with E-state index in [0.717, 1.165) is 24.2 Å². The van der Waals surface area contributed by atoms with E-state index in [9.17, 15) is 9.59 Å². The summed E-state index contributed by atoms with van der Waals surface area (Å²) in [4.78, 5) is 29.8. The molecule has 0 aliphatic heterocycles. The van der Waals surface area contributed by atoms with Crippen LogP contribution in [0.4, 0.5) is 5.69 Å². The molecule has 7 heteroatoms. The molecule has 1 fully saturated rings. The molecular weight excluding hydrogens is 336 g/mol. The lowest BCUT2D eigenvalue weighted by molar-refractivity contribution is 0.0952. The van der Waals surface area contributed by atoms with Gasteiger partial charge in [-0.2, -0.15) is 0 Å². The maximum absolute atomic E-state index is 12.3. The normalized spacial score (nSPS) is 13.8. The minimum Gasteiger partial charge on any atom is -0.379 e. The van der Waals surface area contributed by atoms with Gasteiger partial charge in [-0.3, -0.25) is 14.0 Å². The first-order valence-electron chi connectivity index (χ1n) is 8.22. The number of aryl methyl sites for hydroxylation is 1. The van der Waals surface area contributed by atoms with Crippen LogP contribution in [0.1, 0.15) is 34.6 Å². The summed E-state index contributed by atoms with van der Waals surface area (Å²) in [5.41, 5.74) is 2.81. The van der Waals surface area contributed by atoms with Crippen LogP contribution in [-0.4, -0.2) is 21.3 Å². The first-order valence-corrected chi connectivity index (χ1v) is 9.10. The third kappa shape index (κ3) is 3.28. The van der Waals surface area contributed by atoms with Crippen LogP contribution in [0.25, 0.3) is 4.96 Å². The van der Waals surface area contributed by atoms with Crippen molar-refractivity contribution in [1.82, 2.24) is 14.7 Å². The summed E-state index contributed by atoms with van der Waals surface area (Å²) in [5, 5.41) is 8.15. The minimum absolute atomic E-state index is 0.0667. The van der Waals surface area contributed by atoms with Crippen LogP contribution >= 0.6 is 11.3 Å². The van der Waals surface area contributed by atoms with Crippen LogP contribution in [-0.2, 0) is 6.54 Å². The van der Waals surface area contributed by atoms with Gasteiger partial charge >= 0.3 is 0 Å². The highest BCUT2D eigenvalue weighted by Gasteiger charge is 2.24. The van der Waals surface area contributed by atoms with Crippen LogP contribution in [0.15, 0.2) is 40.5 Å². The van der Waals surface area contributed by atoms with Crippen molar-refractivity contribution in [2.75, 3.05) is 5.32 Å². The van der Waals surface area contributed by atoms with Gasteiger partial charge in [0.15, 0.2) is 4.96 Å². The zero-order valence-electron chi connectivity index (χ0n) is 13.8. The van der Waals surface area contributed by atoms with Crippen LogP contribution in [0.2, 0.25) is 0 Å². The van der Waals surface area contributed by atoms with Gasteiger partial charge < -0.3 is 10.6 Å². The lowest BCUT2D eigenvalue weighted by Gasteiger charge is -2.12. The van der Waals surface area contributed by atoms with Crippen molar-refractivity contribution in [2.45, 2.75) is 32.4 Å². The van der Waals surface area contributed by atoms with E-state index in [1.807, 2.05) is 30.5 Å². The Kier molecular flexibility index (Phi) is 4.01. The maximum Gasteiger partial charge on any atom is 0.259 e. The molecule has 1 amide bonds. The number of hydrogen-bond donors (Lipinski definition) is 2. The largest absolute Gasteiger partial charge is 0.379 e. The fourth-order valence-corrected chi connectivity index (χ4v) is 3.59. The zero-order valence-corrected chi connectivity index (χ0v) is 14.6. The second-order valence-corrected chi connectivity index (χ2v) is 7.06. The summed E-state index contributed by atoms with van der Waals surface area (Å²) >= 11 is 1.45. The van der Waals surface area contributed by atoms with Gasteiger partial charge in [-0.05, 0) is 31.9 Å². The Labute approximate surface area is 148 Å². The molecule has 25 heavy (non-hydrogen) atoms. The number of carbonyl (C=O) groups excluding carboxylic acids is 1. The SMILES string of the molecule is Cc1csc2nc(CNc3ccccc3C(=O)NC3CC3)cc(=O)n12. The molecule has 0 atom stereocenters. The molecule has 0 spiro atoms. The van der Waals surface area contributed by atoms with Gasteiger partial charge in [0, 0.05) is 28.9 Å². The molecule has 1 aliphatic carbocycles. The van der Waals surface area contributed by atoms with Gasteiger partial charge in [-0.25, -0.2) is 4.98 Å². The van der Waals surface area contributed by atoms with Crippen LogP contribution < -0.4 is 16.2 Å².